The van der Waals surface area contributed by atoms with Gasteiger partial charge < -0.3 is 10.6 Å². The van der Waals surface area contributed by atoms with E-state index in [4.69, 9.17) is 0 Å². The number of nitrogens with one attached hydrogen (secondary N) is 2. The van der Waals surface area contributed by atoms with Crippen LogP contribution in [0.4, 0.5) is 0 Å². The van der Waals surface area contributed by atoms with E-state index in [0.29, 0.717) is 0 Å². The smallest absolute Gasteiger partial charge is 0.246 e. The first-order chi connectivity index (χ1) is 6.22. The molecule has 0 saturated heterocycles. The average Bonchev–Trinajstić information content (AvgIpc) is 2.12. The van der Waals surface area contributed by atoms with Crippen molar-refractivity contribution < 1.29 is 4.79 Å². The van der Waals surface area contributed by atoms with E-state index in [1.807, 2.05) is 27.0 Å². The topological polar surface area (TPSA) is 41.1 Å². The number of carbonyl (C=O) groups is 1. The first-order valence-corrected chi connectivity index (χ1v) is 4.82. The molecule has 0 radical (unpaired) electrons. The summed E-state index contributed by atoms with van der Waals surface area (Å²) in [4.78, 5) is 11.3. The zero-order valence-electron chi connectivity index (χ0n) is 8.81. The van der Waals surface area contributed by atoms with E-state index in [2.05, 4.69) is 10.6 Å². The fraction of sp³-hybridized carbons (Fsp3) is 0.700. The predicted octanol–water partition coefficient (Wildman–Crippen LogP) is 1.07. The van der Waals surface area contributed by atoms with Crippen LogP contribution in [0.5, 0.6) is 0 Å². The summed E-state index contributed by atoms with van der Waals surface area (Å²) in [5.41, 5.74) is 0.812. The lowest BCUT2D eigenvalue weighted by Gasteiger charge is -2.04. The van der Waals surface area contributed by atoms with E-state index in [1.54, 1.807) is 0 Å². The number of hydrogen-bond acceptors (Lipinski definition) is 2. The third-order valence-corrected chi connectivity index (χ3v) is 1.76. The van der Waals surface area contributed by atoms with Gasteiger partial charge in [-0.2, -0.15) is 0 Å². The molecule has 13 heavy (non-hydrogen) atoms. The monoisotopic (exact) mass is 184 g/mol. The van der Waals surface area contributed by atoms with Gasteiger partial charge in [-0.25, -0.2) is 0 Å². The minimum Gasteiger partial charge on any atom is -0.352 e. The van der Waals surface area contributed by atoms with Crippen LogP contribution in [0.1, 0.15) is 26.7 Å². The SMILES string of the molecule is CC/C=C(\C)C(=O)NCCCNC. The van der Waals surface area contributed by atoms with Crippen molar-refractivity contribution in [3.05, 3.63) is 11.6 Å². The number of carbonyl (C=O) groups excluding carboxylic acids is 1. The fourth-order valence-electron chi connectivity index (χ4n) is 1.01. The van der Waals surface area contributed by atoms with Crippen molar-refractivity contribution in [3.8, 4) is 0 Å². The summed E-state index contributed by atoms with van der Waals surface area (Å²) in [5, 5.41) is 5.88. The Hall–Kier alpha value is -0.830. The Balaban J connectivity index is 3.56. The summed E-state index contributed by atoms with van der Waals surface area (Å²) in [6.45, 7) is 5.56. The molecule has 3 heteroatoms. The van der Waals surface area contributed by atoms with E-state index >= 15 is 0 Å². The van der Waals surface area contributed by atoms with Crippen LogP contribution in [-0.4, -0.2) is 26.0 Å². The van der Waals surface area contributed by atoms with Crippen molar-refractivity contribution >= 4 is 5.91 Å². The number of amides is 1. The van der Waals surface area contributed by atoms with Gasteiger partial charge in [0.1, 0.15) is 0 Å². The Morgan fingerprint density at radius 1 is 1.38 bits per heavy atom. The van der Waals surface area contributed by atoms with E-state index in [-0.39, 0.29) is 5.91 Å². The van der Waals surface area contributed by atoms with Gasteiger partial charge in [-0.05, 0) is 33.4 Å². The van der Waals surface area contributed by atoms with E-state index < -0.39 is 0 Å². The average molecular weight is 184 g/mol. The highest BCUT2D eigenvalue weighted by Gasteiger charge is 2.00. The molecule has 0 aliphatic carbocycles. The molecule has 0 aromatic carbocycles. The van der Waals surface area contributed by atoms with Gasteiger partial charge in [0, 0.05) is 12.1 Å². The zero-order chi connectivity index (χ0) is 10.1. The van der Waals surface area contributed by atoms with Gasteiger partial charge in [-0.1, -0.05) is 13.0 Å². The number of rotatable bonds is 6. The molecular formula is C10H20N2O. The van der Waals surface area contributed by atoms with Crippen LogP contribution in [-0.2, 0) is 4.79 Å². The van der Waals surface area contributed by atoms with E-state index in [0.717, 1.165) is 31.5 Å². The van der Waals surface area contributed by atoms with E-state index in [1.165, 1.54) is 0 Å². The Labute approximate surface area is 80.6 Å². The normalized spacial score (nSPS) is 11.5. The lowest BCUT2D eigenvalue weighted by atomic mass is 10.2. The van der Waals surface area contributed by atoms with Crippen LogP contribution in [0.25, 0.3) is 0 Å². The number of hydrogen-bond donors (Lipinski definition) is 2. The van der Waals surface area contributed by atoms with Crippen molar-refractivity contribution in [2.45, 2.75) is 26.7 Å². The van der Waals surface area contributed by atoms with Crippen LogP contribution in [0.2, 0.25) is 0 Å². The lowest BCUT2D eigenvalue weighted by Crippen LogP contribution is -2.27. The molecule has 0 saturated carbocycles. The molecule has 0 aromatic heterocycles. The van der Waals surface area contributed by atoms with Gasteiger partial charge in [-0.15, -0.1) is 0 Å². The van der Waals surface area contributed by atoms with Crippen molar-refractivity contribution in [2.75, 3.05) is 20.1 Å². The van der Waals surface area contributed by atoms with Gasteiger partial charge in [0.2, 0.25) is 5.91 Å². The van der Waals surface area contributed by atoms with Crippen LogP contribution in [0, 0.1) is 0 Å². The standard InChI is InChI=1S/C10H20N2O/c1-4-6-9(2)10(13)12-8-5-7-11-3/h6,11H,4-5,7-8H2,1-3H3,(H,12,13)/b9-6+. The van der Waals surface area contributed by atoms with Gasteiger partial charge in [-0.3, -0.25) is 4.79 Å². The summed E-state index contributed by atoms with van der Waals surface area (Å²) in [5.74, 6) is 0.0537. The maximum Gasteiger partial charge on any atom is 0.246 e. The third-order valence-electron chi connectivity index (χ3n) is 1.76. The highest BCUT2D eigenvalue weighted by Crippen LogP contribution is 1.94. The maximum atomic E-state index is 11.3. The number of allylic oxidation sites excluding steroid dienone is 1. The predicted molar refractivity (Wildman–Crippen MR) is 55.6 cm³/mol. The largest absolute Gasteiger partial charge is 0.352 e. The quantitative estimate of drug-likeness (QED) is 0.479. The van der Waals surface area contributed by atoms with Gasteiger partial charge in [0.05, 0.1) is 0 Å². The lowest BCUT2D eigenvalue weighted by molar-refractivity contribution is -0.117. The van der Waals surface area contributed by atoms with Gasteiger partial charge in [0.15, 0.2) is 0 Å². The van der Waals surface area contributed by atoms with Crippen molar-refractivity contribution in [1.82, 2.24) is 10.6 Å². The van der Waals surface area contributed by atoms with Crippen LogP contribution < -0.4 is 10.6 Å². The van der Waals surface area contributed by atoms with Gasteiger partial charge in [0.25, 0.3) is 0 Å². The molecule has 0 rings (SSSR count). The molecule has 0 aliphatic heterocycles. The molecule has 0 unspecified atom stereocenters. The van der Waals surface area contributed by atoms with Crippen molar-refractivity contribution in [2.24, 2.45) is 0 Å². The Bertz CT molecular complexity index is 176. The first kappa shape index (κ1) is 12.2. The molecule has 0 aromatic rings. The third kappa shape index (κ3) is 6.34. The second-order valence-corrected chi connectivity index (χ2v) is 3.01. The molecule has 0 spiro atoms. The molecule has 0 bridgehead atoms. The maximum absolute atomic E-state index is 11.3. The van der Waals surface area contributed by atoms with Crippen molar-refractivity contribution in [3.63, 3.8) is 0 Å². The Morgan fingerprint density at radius 3 is 2.62 bits per heavy atom. The van der Waals surface area contributed by atoms with E-state index in [9.17, 15) is 4.79 Å². The van der Waals surface area contributed by atoms with Gasteiger partial charge >= 0.3 is 0 Å². The molecule has 0 fully saturated rings. The molecule has 3 nitrogen and oxygen atoms in total. The zero-order valence-corrected chi connectivity index (χ0v) is 8.81. The fourth-order valence-corrected chi connectivity index (χ4v) is 1.01. The molecule has 0 heterocycles. The van der Waals surface area contributed by atoms with Crippen LogP contribution in [0.15, 0.2) is 11.6 Å². The molecular weight excluding hydrogens is 164 g/mol. The second kappa shape index (κ2) is 7.80. The van der Waals surface area contributed by atoms with Crippen LogP contribution in [0.3, 0.4) is 0 Å². The summed E-state index contributed by atoms with van der Waals surface area (Å²) < 4.78 is 0. The highest BCUT2D eigenvalue weighted by atomic mass is 16.1. The minimum absolute atomic E-state index is 0.0537. The Kier molecular flexibility index (Phi) is 7.30. The summed E-state index contributed by atoms with van der Waals surface area (Å²) in [7, 11) is 1.91. The summed E-state index contributed by atoms with van der Waals surface area (Å²) in [6, 6.07) is 0. The molecule has 0 aliphatic rings. The molecule has 1 amide bonds. The molecule has 76 valence electrons. The summed E-state index contributed by atoms with van der Waals surface area (Å²) in [6.07, 6.45) is 3.82. The first-order valence-electron chi connectivity index (χ1n) is 4.82. The summed E-state index contributed by atoms with van der Waals surface area (Å²) >= 11 is 0. The second-order valence-electron chi connectivity index (χ2n) is 3.01. The van der Waals surface area contributed by atoms with Crippen LogP contribution >= 0.6 is 0 Å². The molecule has 0 atom stereocenters. The minimum atomic E-state index is 0.0537. The molecule has 2 N–H and O–H groups in total. The highest BCUT2D eigenvalue weighted by molar-refractivity contribution is 5.92. The Morgan fingerprint density at radius 2 is 2.08 bits per heavy atom. The van der Waals surface area contributed by atoms with Crippen molar-refractivity contribution in [1.29, 1.82) is 0 Å².